The van der Waals surface area contributed by atoms with Crippen molar-refractivity contribution in [3.8, 4) is 11.5 Å². The zero-order chi connectivity index (χ0) is 29.4. The fourth-order valence-corrected chi connectivity index (χ4v) is 7.85. The number of benzene rings is 2. The van der Waals surface area contributed by atoms with Crippen molar-refractivity contribution in [2.75, 3.05) is 18.6 Å². The Morgan fingerprint density at radius 3 is 2.51 bits per heavy atom. The molecule has 6 atom stereocenters. The highest BCUT2D eigenvalue weighted by Crippen LogP contribution is 2.64. The predicted octanol–water partition coefficient (Wildman–Crippen LogP) is 4.83. The van der Waals surface area contributed by atoms with Gasteiger partial charge in [0.15, 0.2) is 0 Å². The van der Waals surface area contributed by atoms with Gasteiger partial charge in [-0.15, -0.1) is 0 Å². The maximum absolute atomic E-state index is 14.4. The molecule has 1 N–H and O–H groups in total. The van der Waals surface area contributed by atoms with Crippen LogP contribution in [0.15, 0.2) is 48.0 Å². The SMILES string of the molecule is CCCN1C(=O)[C@H]2[C@H](CC=C3[C@H]2C[C@H]2C(=O)N(c4ccc(F)c(Cl)c4)C(=O)[C@@]2(C)[C@H]3c2ccc(O)cc2OC)C1=O. The van der Waals surface area contributed by atoms with E-state index in [-0.39, 0.29) is 34.7 Å². The van der Waals surface area contributed by atoms with Crippen LogP contribution in [0.4, 0.5) is 10.1 Å². The lowest BCUT2D eigenvalue weighted by atomic mass is 9.51. The highest BCUT2D eigenvalue weighted by molar-refractivity contribution is 6.31. The molecule has 4 amide bonds. The molecule has 0 spiro atoms. The maximum Gasteiger partial charge on any atom is 0.241 e. The van der Waals surface area contributed by atoms with E-state index in [1.54, 1.807) is 13.0 Å². The van der Waals surface area contributed by atoms with Crippen molar-refractivity contribution in [2.45, 2.75) is 39.0 Å². The molecule has 4 aliphatic rings. The molecule has 1 saturated carbocycles. The molecule has 0 radical (unpaired) electrons. The number of halogens is 2. The summed E-state index contributed by atoms with van der Waals surface area (Å²) >= 11 is 6.04. The number of phenols is 1. The van der Waals surface area contributed by atoms with E-state index < -0.39 is 52.6 Å². The van der Waals surface area contributed by atoms with Gasteiger partial charge in [-0.3, -0.25) is 24.1 Å². The van der Waals surface area contributed by atoms with Gasteiger partial charge in [0.2, 0.25) is 23.6 Å². The van der Waals surface area contributed by atoms with Crippen molar-refractivity contribution in [3.05, 3.63) is 64.5 Å². The fraction of sp³-hybridized carbons (Fsp3) is 0.419. The van der Waals surface area contributed by atoms with Crippen molar-refractivity contribution in [2.24, 2.45) is 29.1 Å². The number of likely N-dealkylation sites (tertiary alicyclic amines) is 1. The van der Waals surface area contributed by atoms with Crippen molar-refractivity contribution in [3.63, 3.8) is 0 Å². The molecule has 10 heteroatoms. The predicted molar refractivity (Wildman–Crippen MR) is 148 cm³/mol. The lowest BCUT2D eigenvalue weighted by Gasteiger charge is -2.49. The number of imide groups is 2. The molecule has 0 aromatic heterocycles. The van der Waals surface area contributed by atoms with Gasteiger partial charge in [0.25, 0.3) is 0 Å². The standard InChI is InChI=1S/C31H30ClFN2O6/c1-4-11-34-27(37)19-9-8-17-20(25(19)29(34)39)14-21-28(38)35(15-5-10-23(33)22(32)12-15)30(40)31(21,2)26(17)18-7-6-16(36)13-24(18)41-3/h5-8,10,12-13,19-21,25-26,36H,4,9,11,14H2,1-3H3/t19-,20+,21-,25-,26+,31+/m0/s1. The van der Waals surface area contributed by atoms with Crippen molar-refractivity contribution >= 4 is 40.9 Å². The number of carbonyl (C=O) groups excluding carboxylic acids is 4. The molecule has 2 aliphatic carbocycles. The first-order chi connectivity index (χ1) is 19.5. The summed E-state index contributed by atoms with van der Waals surface area (Å²) in [6, 6.07) is 8.34. The van der Waals surface area contributed by atoms with Crippen LogP contribution in [0.3, 0.4) is 0 Å². The van der Waals surface area contributed by atoms with Crippen LogP contribution in [-0.2, 0) is 19.2 Å². The quantitative estimate of drug-likeness (QED) is 0.401. The van der Waals surface area contributed by atoms with Gasteiger partial charge in [-0.25, -0.2) is 9.29 Å². The van der Waals surface area contributed by atoms with Gasteiger partial charge >= 0.3 is 0 Å². The van der Waals surface area contributed by atoms with Crippen LogP contribution in [-0.4, -0.2) is 47.3 Å². The Hall–Kier alpha value is -3.72. The number of rotatable bonds is 5. The van der Waals surface area contributed by atoms with Crippen molar-refractivity contribution < 1.29 is 33.4 Å². The molecule has 2 aromatic rings. The van der Waals surface area contributed by atoms with Crippen LogP contribution < -0.4 is 9.64 Å². The topological polar surface area (TPSA) is 104 Å². The van der Waals surface area contributed by atoms with E-state index in [0.717, 1.165) is 16.5 Å². The Balaban J connectivity index is 1.54. The minimum absolute atomic E-state index is 0.0273. The number of hydrogen-bond donors (Lipinski definition) is 1. The third kappa shape index (κ3) is 3.77. The average molecular weight is 581 g/mol. The van der Waals surface area contributed by atoms with Gasteiger partial charge in [0, 0.05) is 24.1 Å². The van der Waals surface area contributed by atoms with E-state index in [0.29, 0.717) is 30.7 Å². The highest BCUT2D eigenvalue weighted by Gasteiger charge is 2.67. The molecule has 41 heavy (non-hydrogen) atoms. The van der Waals surface area contributed by atoms with Gasteiger partial charge < -0.3 is 9.84 Å². The number of fused-ring (bicyclic) bond motifs is 4. The molecular weight excluding hydrogens is 551 g/mol. The molecule has 3 fully saturated rings. The van der Waals surface area contributed by atoms with Crippen LogP contribution in [0.2, 0.25) is 5.02 Å². The zero-order valence-corrected chi connectivity index (χ0v) is 23.7. The average Bonchev–Trinajstić information content (AvgIpc) is 3.30. The van der Waals surface area contributed by atoms with Crippen LogP contribution in [0, 0.1) is 34.9 Å². The number of hydrogen-bond acceptors (Lipinski definition) is 6. The maximum atomic E-state index is 14.4. The van der Waals surface area contributed by atoms with Gasteiger partial charge in [0.1, 0.15) is 17.3 Å². The number of anilines is 1. The van der Waals surface area contributed by atoms with Crippen molar-refractivity contribution in [1.82, 2.24) is 4.90 Å². The molecule has 2 aliphatic heterocycles. The summed E-state index contributed by atoms with van der Waals surface area (Å²) in [5.74, 6) is -4.88. The summed E-state index contributed by atoms with van der Waals surface area (Å²) in [5, 5.41) is 9.98. The summed E-state index contributed by atoms with van der Waals surface area (Å²) in [4.78, 5) is 57.9. The summed E-state index contributed by atoms with van der Waals surface area (Å²) in [7, 11) is 1.46. The molecule has 0 bridgehead atoms. The van der Waals surface area contributed by atoms with Crippen LogP contribution in [0.1, 0.15) is 44.6 Å². The Morgan fingerprint density at radius 1 is 1.07 bits per heavy atom. The van der Waals surface area contributed by atoms with E-state index in [2.05, 4.69) is 0 Å². The third-order valence-corrected chi connectivity index (χ3v) is 9.79. The number of ether oxygens (including phenoxy) is 1. The van der Waals surface area contributed by atoms with Gasteiger partial charge in [-0.1, -0.05) is 36.2 Å². The molecule has 214 valence electrons. The molecule has 6 rings (SSSR count). The number of phenolic OH excluding ortho intramolecular Hbond substituents is 1. The molecule has 0 unspecified atom stereocenters. The lowest BCUT2D eigenvalue weighted by molar-refractivity contribution is -0.140. The number of nitrogens with zero attached hydrogens (tertiary/aromatic N) is 2. The summed E-state index contributed by atoms with van der Waals surface area (Å²) < 4.78 is 19.6. The normalized spacial score (nSPS) is 30.8. The van der Waals surface area contributed by atoms with Crippen LogP contribution in [0.5, 0.6) is 11.5 Å². The second-order valence-electron chi connectivity index (χ2n) is 11.5. The lowest BCUT2D eigenvalue weighted by Crippen LogP contribution is -2.49. The monoisotopic (exact) mass is 580 g/mol. The Bertz CT molecular complexity index is 1540. The number of methoxy groups -OCH3 is 1. The Labute approximate surface area is 241 Å². The minimum atomic E-state index is -1.30. The smallest absolute Gasteiger partial charge is 0.241 e. The van der Waals surface area contributed by atoms with Gasteiger partial charge in [-0.2, -0.15) is 0 Å². The van der Waals surface area contributed by atoms with Crippen LogP contribution in [0.25, 0.3) is 0 Å². The number of allylic oxidation sites excluding steroid dienone is 2. The molecule has 2 saturated heterocycles. The van der Waals surface area contributed by atoms with E-state index in [9.17, 15) is 28.7 Å². The summed E-state index contributed by atoms with van der Waals surface area (Å²) in [5.41, 5.74) is 0.268. The Morgan fingerprint density at radius 2 is 1.83 bits per heavy atom. The van der Waals surface area contributed by atoms with Crippen LogP contribution >= 0.6 is 11.6 Å². The van der Waals surface area contributed by atoms with E-state index in [4.69, 9.17) is 16.3 Å². The molecular formula is C31H30ClFN2O6. The summed E-state index contributed by atoms with van der Waals surface area (Å²) in [6.45, 7) is 3.98. The number of aromatic hydroxyl groups is 1. The second-order valence-corrected chi connectivity index (χ2v) is 11.9. The Kier molecular flexibility index (Phi) is 6.48. The number of amides is 4. The summed E-state index contributed by atoms with van der Waals surface area (Å²) in [6.07, 6.45) is 3.14. The number of carbonyl (C=O) groups is 4. The molecule has 8 nitrogen and oxygen atoms in total. The first-order valence-corrected chi connectivity index (χ1v) is 14.2. The molecule has 2 heterocycles. The zero-order valence-electron chi connectivity index (χ0n) is 22.9. The van der Waals surface area contributed by atoms with Gasteiger partial charge in [0.05, 0.1) is 41.0 Å². The third-order valence-electron chi connectivity index (χ3n) is 9.50. The highest BCUT2D eigenvalue weighted by atomic mass is 35.5. The first-order valence-electron chi connectivity index (χ1n) is 13.8. The molecule has 2 aromatic carbocycles. The first kappa shape index (κ1) is 27.4. The minimum Gasteiger partial charge on any atom is -0.508 e. The van der Waals surface area contributed by atoms with Crippen molar-refractivity contribution in [1.29, 1.82) is 0 Å². The van der Waals surface area contributed by atoms with Gasteiger partial charge in [-0.05, 0) is 56.4 Å². The van der Waals surface area contributed by atoms with E-state index >= 15 is 0 Å². The van der Waals surface area contributed by atoms with E-state index in [1.165, 1.54) is 36.3 Å². The second kappa shape index (κ2) is 9.69. The largest absolute Gasteiger partial charge is 0.508 e. The van der Waals surface area contributed by atoms with E-state index in [1.807, 2.05) is 13.0 Å². The fourth-order valence-electron chi connectivity index (χ4n) is 7.68.